The van der Waals surface area contributed by atoms with Crippen molar-refractivity contribution in [3.8, 4) is 17.3 Å². The van der Waals surface area contributed by atoms with Gasteiger partial charge in [0.1, 0.15) is 7.05 Å². The Morgan fingerprint density at radius 2 is 1.56 bits per heavy atom. The molecule has 0 bridgehead atoms. The summed E-state index contributed by atoms with van der Waals surface area (Å²) in [6.07, 6.45) is 0. The number of rotatable bonds is 2. The summed E-state index contributed by atoms with van der Waals surface area (Å²) in [5.74, 6) is 0. The van der Waals surface area contributed by atoms with Crippen LogP contribution in [0.2, 0.25) is 0 Å². The Morgan fingerprint density at radius 1 is 0.889 bits per heavy atom. The standard InChI is InChI=1S/C25H23N2/c1-17-19-10-6-5-9-18(19)13-14-20(17)24-15-22(25(2,3)16-26)21-11-7-8-12-23(21)27(24)4/h5-15H,1-4H3/q+1. The summed E-state index contributed by atoms with van der Waals surface area (Å²) in [7, 11) is 2.11. The van der Waals surface area contributed by atoms with Crippen LogP contribution in [0.1, 0.15) is 25.0 Å². The quantitative estimate of drug-likeness (QED) is 0.432. The lowest BCUT2D eigenvalue weighted by molar-refractivity contribution is -0.633. The summed E-state index contributed by atoms with van der Waals surface area (Å²) in [6, 6.07) is 25.9. The number of pyridine rings is 1. The fourth-order valence-corrected chi connectivity index (χ4v) is 3.98. The predicted octanol–water partition coefficient (Wildman–Crippen LogP) is 5.59. The highest BCUT2D eigenvalue weighted by Gasteiger charge is 2.28. The van der Waals surface area contributed by atoms with Crippen LogP contribution in [0.15, 0.2) is 66.7 Å². The number of nitriles is 1. The molecule has 0 amide bonds. The van der Waals surface area contributed by atoms with E-state index < -0.39 is 5.41 Å². The highest BCUT2D eigenvalue weighted by Crippen LogP contribution is 2.34. The Kier molecular flexibility index (Phi) is 3.97. The van der Waals surface area contributed by atoms with Gasteiger partial charge >= 0.3 is 0 Å². The highest BCUT2D eigenvalue weighted by molar-refractivity contribution is 5.91. The molecule has 0 aliphatic carbocycles. The van der Waals surface area contributed by atoms with E-state index in [9.17, 15) is 5.26 Å². The lowest BCUT2D eigenvalue weighted by Gasteiger charge is -2.19. The maximum atomic E-state index is 9.78. The van der Waals surface area contributed by atoms with Gasteiger partial charge in [-0.05, 0) is 54.8 Å². The van der Waals surface area contributed by atoms with E-state index in [0.717, 1.165) is 22.2 Å². The Morgan fingerprint density at radius 3 is 2.30 bits per heavy atom. The first-order chi connectivity index (χ1) is 12.9. The van der Waals surface area contributed by atoms with Gasteiger partial charge in [-0.25, -0.2) is 0 Å². The molecule has 27 heavy (non-hydrogen) atoms. The van der Waals surface area contributed by atoms with E-state index >= 15 is 0 Å². The Hall–Kier alpha value is -3.18. The number of para-hydroxylation sites is 1. The Bertz CT molecular complexity index is 1230. The first kappa shape index (κ1) is 17.2. The topological polar surface area (TPSA) is 27.7 Å². The van der Waals surface area contributed by atoms with Crippen molar-refractivity contribution in [1.29, 1.82) is 5.26 Å². The van der Waals surface area contributed by atoms with Gasteiger partial charge in [-0.15, -0.1) is 0 Å². The molecule has 0 aliphatic rings. The average Bonchev–Trinajstić information content (AvgIpc) is 2.69. The predicted molar refractivity (Wildman–Crippen MR) is 111 cm³/mol. The number of hydrogen-bond donors (Lipinski definition) is 0. The molecule has 4 rings (SSSR count). The van der Waals surface area contributed by atoms with Crippen molar-refractivity contribution in [3.63, 3.8) is 0 Å². The number of benzene rings is 3. The van der Waals surface area contributed by atoms with Crippen molar-refractivity contribution in [2.24, 2.45) is 7.05 Å². The van der Waals surface area contributed by atoms with Crippen molar-refractivity contribution in [1.82, 2.24) is 0 Å². The molecule has 3 aromatic carbocycles. The van der Waals surface area contributed by atoms with Gasteiger partial charge in [0.2, 0.25) is 11.2 Å². The van der Waals surface area contributed by atoms with Gasteiger partial charge in [0, 0.05) is 17.7 Å². The van der Waals surface area contributed by atoms with Gasteiger partial charge in [0.25, 0.3) is 0 Å². The Labute approximate surface area is 160 Å². The minimum atomic E-state index is -0.562. The van der Waals surface area contributed by atoms with Gasteiger partial charge in [-0.3, -0.25) is 0 Å². The summed E-state index contributed by atoms with van der Waals surface area (Å²) in [4.78, 5) is 0. The number of hydrogen-bond acceptors (Lipinski definition) is 1. The molecule has 4 aromatic rings. The molecule has 132 valence electrons. The van der Waals surface area contributed by atoms with E-state index in [1.54, 1.807) is 0 Å². The van der Waals surface area contributed by atoms with E-state index in [1.165, 1.54) is 21.9 Å². The highest BCUT2D eigenvalue weighted by atomic mass is 14.9. The molecular formula is C25H23N2+. The molecule has 0 atom stereocenters. The molecule has 2 nitrogen and oxygen atoms in total. The molecule has 0 fully saturated rings. The minimum absolute atomic E-state index is 0.562. The first-order valence-electron chi connectivity index (χ1n) is 9.26. The van der Waals surface area contributed by atoms with Crippen LogP contribution < -0.4 is 4.57 Å². The van der Waals surface area contributed by atoms with Crippen LogP contribution in [-0.2, 0) is 12.5 Å². The molecular weight excluding hydrogens is 328 g/mol. The van der Waals surface area contributed by atoms with Crippen LogP contribution >= 0.6 is 0 Å². The summed E-state index contributed by atoms with van der Waals surface area (Å²) < 4.78 is 2.24. The lowest BCUT2D eigenvalue weighted by Crippen LogP contribution is -2.34. The molecule has 0 saturated carbocycles. The van der Waals surface area contributed by atoms with E-state index in [-0.39, 0.29) is 0 Å². The zero-order valence-corrected chi connectivity index (χ0v) is 16.2. The van der Waals surface area contributed by atoms with Gasteiger partial charge < -0.3 is 0 Å². The number of aromatic nitrogens is 1. The molecule has 1 heterocycles. The van der Waals surface area contributed by atoms with E-state index in [1.807, 2.05) is 19.9 Å². The number of fused-ring (bicyclic) bond motifs is 2. The molecule has 1 aromatic heterocycles. The van der Waals surface area contributed by atoms with Crippen molar-refractivity contribution in [2.45, 2.75) is 26.2 Å². The first-order valence-corrected chi connectivity index (χ1v) is 9.26. The SMILES string of the molecule is Cc1c(-c2cc(C(C)(C)C#N)c3ccccc3[n+]2C)ccc2ccccc12. The maximum absolute atomic E-state index is 9.78. The largest absolute Gasteiger partial charge is 0.213 e. The second-order valence-corrected chi connectivity index (χ2v) is 7.72. The second-order valence-electron chi connectivity index (χ2n) is 7.72. The van der Waals surface area contributed by atoms with Crippen LogP contribution in [-0.4, -0.2) is 0 Å². The monoisotopic (exact) mass is 351 g/mol. The summed E-state index contributed by atoms with van der Waals surface area (Å²) in [6.45, 7) is 6.17. The van der Waals surface area contributed by atoms with Gasteiger partial charge in [0.15, 0.2) is 0 Å². The van der Waals surface area contributed by atoms with Gasteiger partial charge in [-0.2, -0.15) is 9.83 Å². The Balaban J connectivity index is 2.11. The van der Waals surface area contributed by atoms with Crippen LogP contribution in [0.25, 0.3) is 32.9 Å². The number of nitrogens with zero attached hydrogens (tertiary/aromatic N) is 2. The van der Waals surface area contributed by atoms with Crippen LogP contribution in [0, 0.1) is 18.3 Å². The molecule has 0 saturated heterocycles. The van der Waals surface area contributed by atoms with Gasteiger partial charge in [-0.1, -0.05) is 42.5 Å². The molecule has 0 N–H and O–H groups in total. The second kappa shape index (κ2) is 6.21. The normalized spacial score (nSPS) is 11.7. The maximum Gasteiger partial charge on any atom is 0.213 e. The van der Waals surface area contributed by atoms with E-state index in [0.29, 0.717) is 0 Å². The van der Waals surface area contributed by atoms with Crippen molar-refractivity contribution in [2.75, 3.05) is 0 Å². The molecule has 0 radical (unpaired) electrons. The summed E-state index contributed by atoms with van der Waals surface area (Å²) >= 11 is 0. The third-order valence-corrected chi connectivity index (χ3v) is 5.63. The van der Waals surface area contributed by atoms with Crippen LogP contribution in [0.5, 0.6) is 0 Å². The van der Waals surface area contributed by atoms with Crippen molar-refractivity contribution >= 4 is 21.7 Å². The molecule has 0 aliphatic heterocycles. The smallest absolute Gasteiger partial charge is 0.197 e. The minimum Gasteiger partial charge on any atom is -0.197 e. The number of aryl methyl sites for hydroxylation is 2. The van der Waals surface area contributed by atoms with E-state index in [2.05, 4.69) is 85.3 Å². The molecule has 0 unspecified atom stereocenters. The third-order valence-electron chi connectivity index (χ3n) is 5.63. The van der Waals surface area contributed by atoms with Crippen molar-refractivity contribution in [3.05, 3.63) is 77.9 Å². The fraction of sp³-hybridized carbons (Fsp3) is 0.200. The zero-order valence-electron chi connectivity index (χ0n) is 16.2. The summed E-state index contributed by atoms with van der Waals surface area (Å²) in [5, 5.41) is 13.4. The summed E-state index contributed by atoms with van der Waals surface area (Å²) in [5.41, 5.74) is 5.25. The van der Waals surface area contributed by atoms with Crippen LogP contribution in [0.4, 0.5) is 0 Å². The zero-order chi connectivity index (χ0) is 19.2. The fourth-order valence-electron chi connectivity index (χ4n) is 3.98. The lowest BCUT2D eigenvalue weighted by atomic mass is 9.83. The molecule has 0 spiro atoms. The van der Waals surface area contributed by atoms with E-state index in [4.69, 9.17) is 0 Å². The molecule has 2 heteroatoms. The van der Waals surface area contributed by atoms with Crippen molar-refractivity contribution < 1.29 is 4.57 Å². The third kappa shape index (κ3) is 2.67. The average molecular weight is 351 g/mol. The van der Waals surface area contributed by atoms with Crippen LogP contribution in [0.3, 0.4) is 0 Å². The van der Waals surface area contributed by atoms with Gasteiger partial charge in [0.05, 0.1) is 16.9 Å².